The predicted octanol–water partition coefficient (Wildman–Crippen LogP) is 6.66. The quantitative estimate of drug-likeness (QED) is 0.314. The van der Waals surface area contributed by atoms with Crippen LogP contribution in [-0.2, 0) is 0 Å². The number of pyridine rings is 1. The Hall–Kier alpha value is -3.62. The van der Waals surface area contributed by atoms with E-state index in [9.17, 15) is 13.2 Å². The molecule has 0 spiro atoms. The fourth-order valence-corrected chi connectivity index (χ4v) is 5.93. The van der Waals surface area contributed by atoms with Crippen LogP contribution in [0.2, 0.25) is 0 Å². The van der Waals surface area contributed by atoms with Crippen LogP contribution in [0.25, 0.3) is 33.7 Å². The lowest BCUT2D eigenvalue weighted by molar-refractivity contribution is -0.0498. The van der Waals surface area contributed by atoms with Crippen molar-refractivity contribution >= 4 is 16.9 Å². The normalized spacial score (nSPS) is 23.4. The molecule has 3 aromatic heterocycles. The molecule has 2 bridgehead atoms. The summed E-state index contributed by atoms with van der Waals surface area (Å²) in [7, 11) is 0. The number of hydrogen-bond donors (Lipinski definition) is 2. The predicted molar refractivity (Wildman–Crippen MR) is 131 cm³/mol. The first-order valence-electron chi connectivity index (χ1n) is 12.3. The van der Waals surface area contributed by atoms with E-state index in [-0.39, 0.29) is 5.75 Å². The van der Waals surface area contributed by atoms with E-state index in [4.69, 9.17) is 9.97 Å². The molecule has 7 rings (SSSR count). The second-order valence-electron chi connectivity index (χ2n) is 9.82. The molecule has 2 atom stereocenters. The zero-order valence-electron chi connectivity index (χ0n) is 19.7. The van der Waals surface area contributed by atoms with Gasteiger partial charge in [0.1, 0.15) is 23.0 Å². The second kappa shape index (κ2) is 9.11. The van der Waals surface area contributed by atoms with Gasteiger partial charge >= 0.3 is 6.61 Å². The van der Waals surface area contributed by atoms with Crippen LogP contribution >= 0.6 is 0 Å². The molecule has 3 saturated carbocycles. The summed E-state index contributed by atoms with van der Waals surface area (Å²) in [6.45, 7) is -0.576. The summed E-state index contributed by atoms with van der Waals surface area (Å²) >= 11 is 0. The first-order valence-corrected chi connectivity index (χ1v) is 12.3. The maximum absolute atomic E-state index is 14.0. The summed E-state index contributed by atoms with van der Waals surface area (Å²) in [5.41, 5.74) is 2.53. The molecule has 2 unspecified atom stereocenters. The van der Waals surface area contributed by atoms with Gasteiger partial charge < -0.3 is 15.0 Å². The highest BCUT2D eigenvalue weighted by Gasteiger charge is 2.41. The molecule has 1 aromatic carbocycles. The van der Waals surface area contributed by atoms with Gasteiger partial charge in [-0.25, -0.2) is 19.3 Å². The Morgan fingerprint density at radius 3 is 2.50 bits per heavy atom. The molecule has 9 heteroatoms. The number of aromatic nitrogens is 4. The zero-order chi connectivity index (χ0) is 24.8. The fourth-order valence-electron chi connectivity index (χ4n) is 5.93. The largest absolute Gasteiger partial charge is 0.435 e. The van der Waals surface area contributed by atoms with Crippen molar-refractivity contribution in [2.24, 2.45) is 17.8 Å². The van der Waals surface area contributed by atoms with Gasteiger partial charge in [-0.15, -0.1) is 0 Å². The smallest absolute Gasteiger partial charge is 0.387 e. The van der Waals surface area contributed by atoms with Gasteiger partial charge in [0.2, 0.25) is 0 Å². The van der Waals surface area contributed by atoms with Crippen molar-refractivity contribution in [2.75, 3.05) is 5.32 Å². The molecule has 0 amide bonds. The summed E-state index contributed by atoms with van der Waals surface area (Å²) in [4.78, 5) is 16.8. The number of halogens is 3. The third-order valence-electron chi connectivity index (χ3n) is 7.79. The molecule has 3 aliphatic rings. The van der Waals surface area contributed by atoms with E-state index in [1.165, 1.54) is 43.9 Å². The average molecular weight is 494 g/mol. The van der Waals surface area contributed by atoms with Gasteiger partial charge in [-0.2, -0.15) is 8.78 Å². The number of anilines is 1. The molecule has 0 saturated heterocycles. The Balaban J connectivity index is 1.42. The second-order valence-corrected chi connectivity index (χ2v) is 9.82. The Labute approximate surface area is 206 Å². The van der Waals surface area contributed by atoms with Gasteiger partial charge in [-0.05, 0) is 73.8 Å². The monoisotopic (exact) mass is 493 g/mol. The Morgan fingerprint density at radius 1 is 1.03 bits per heavy atom. The lowest BCUT2D eigenvalue weighted by Crippen LogP contribution is -2.47. The summed E-state index contributed by atoms with van der Waals surface area (Å²) < 4.78 is 43.7. The molecule has 3 aliphatic carbocycles. The van der Waals surface area contributed by atoms with E-state index >= 15 is 0 Å². The molecule has 4 aromatic rings. The Kier molecular flexibility index (Phi) is 5.78. The fraction of sp³-hybridized carbons (Fsp3) is 0.370. The first kappa shape index (κ1) is 22.8. The minimum atomic E-state index is -2.89. The number of alkyl halides is 2. The van der Waals surface area contributed by atoms with E-state index < -0.39 is 12.4 Å². The van der Waals surface area contributed by atoms with Crippen LogP contribution in [0.1, 0.15) is 32.6 Å². The van der Waals surface area contributed by atoms with Crippen LogP contribution in [0.3, 0.4) is 0 Å². The van der Waals surface area contributed by atoms with Gasteiger partial charge in [-0.3, -0.25) is 0 Å². The van der Waals surface area contributed by atoms with E-state index in [1.807, 2.05) is 6.07 Å². The van der Waals surface area contributed by atoms with Crippen molar-refractivity contribution in [3.8, 4) is 28.4 Å². The minimum Gasteiger partial charge on any atom is -0.435 e. The van der Waals surface area contributed by atoms with Gasteiger partial charge in [0.05, 0.1) is 11.9 Å². The molecular weight excluding hydrogens is 467 g/mol. The van der Waals surface area contributed by atoms with Crippen LogP contribution in [0.4, 0.5) is 19.0 Å². The number of nitrogens with one attached hydrogen (secondary N) is 2. The standard InChI is InChI=1S/C27H26F3N5O/c1-14-15-2-4-17(5-3-15)24(14)34-23-11-22(16-6-8-19(9-7-16)36-27(29)30)33-26(35-23)21-13-32-25-20(21)10-18(28)12-31-25/h6-15,17,24,27H,2-5H2,1H3,(H,31,32)(H,33,34,35). The third kappa shape index (κ3) is 4.27. The lowest BCUT2D eigenvalue weighted by Gasteiger charge is -2.47. The Morgan fingerprint density at radius 2 is 1.78 bits per heavy atom. The topological polar surface area (TPSA) is 75.7 Å². The van der Waals surface area contributed by atoms with Gasteiger partial charge in [0.15, 0.2) is 5.82 Å². The SMILES string of the molecule is CC1C2CCC(CC2)C1Nc1cc(-c2ccc(OC(F)F)cc2)nc(-c2c[nH]c3ncc(F)cc23)n1. The van der Waals surface area contributed by atoms with Gasteiger partial charge in [0.25, 0.3) is 0 Å². The lowest BCUT2D eigenvalue weighted by atomic mass is 9.62. The molecule has 3 fully saturated rings. The van der Waals surface area contributed by atoms with Crippen molar-refractivity contribution < 1.29 is 17.9 Å². The van der Waals surface area contributed by atoms with Crippen molar-refractivity contribution in [3.05, 3.63) is 54.6 Å². The molecule has 0 radical (unpaired) electrons. The van der Waals surface area contributed by atoms with Crippen LogP contribution in [0, 0.1) is 23.6 Å². The maximum Gasteiger partial charge on any atom is 0.387 e. The number of nitrogens with zero attached hydrogens (tertiary/aromatic N) is 3. The van der Waals surface area contributed by atoms with Gasteiger partial charge in [0, 0.05) is 34.8 Å². The molecular formula is C27H26F3N5O. The molecule has 3 heterocycles. The number of fused-ring (bicyclic) bond motifs is 4. The van der Waals surface area contributed by atoms with E-state index in [0.717, 1.165) is 17.7 Å². The maximum atomic E-state index is 14.0. The number of benzene rings is 1. The van der Waals surface area contributed by atoms with Crippen molar-refractivity contribution in [1.29, 1.82) is 0 Å². The molecule has 186 valence electrons. The average Bonchev–Trinajstić information content (AvgIpc) is 3.29. The molecule has 2 N–H and O–H groups in total. The summed E-state index contributed by atoms with van der Waals surface area (Å²) in [5.74, 6) is 2.60. The van der Waals surface area contributed by atoms with E-state index in [0.29, 0.717) is 51.8 Å². The number of ether oxygens (including phenoxy) is 1. The number of hydrogen-bond acceptors (Lipinski definition) is 5. The van der Waals surface area contributed by atoms with Crippen molar-refractivity contribution in [1.82, 2.24) is 19.9 Å². The van der Waals surface area contributed by atoms with Crippen LogP contribution in [-0.4, -0.2) is 32.6 Å². The third-order valence-corrected chi connectivity index (χ3v) is 7.79. The summed E-state index contributed by atoms with van der Waals surface area (Å²) in [6, 6.07) is 9.97. The Bertz CT molecular complexity index is 1380. The van der Waals surface area contributed by atoms with Crippen molar-refractivity contribution in [2.45, 2.75) is 45.3 Å². The summed E-state index contributed by atoms with van der Waals surface area (Å²) in [5, 5.41) is 4.28. The van der Waals surface area contributed by atoms with Crippen LogP contribution in [0.5, 0.6) is 5.75 Å². The number of aromatic amines is 1. The van der Waals surface area contributed by atoms with Crippen LogP contribution < -0.4 is 10.1 Å². The molecule has 6 nitrogen and oxygen atoms in total. The summed E-state index contributed by atoms with van der Waals surface area (Å²) in [6.07, 6.45) is 7.89. The highest BCUT2D eigenvalue weighted by atomic mass is 19.3. The van der Waals surface area contributed by atoms with Crippen LogP contribution in [0.15, 0.2) is 48.8 Å². The van der Waals surface area contributed by atoms with Gasteiger partial charge in [-0.1, -0.05) is 6.92 Å². The number of H-pyrrole nitrogens is 1. The minimum absolute atomic E-state index is 0.0756. The zero-order valence-corrected chi connectivity index (χ0v) is 19.7. The van der Waals surface area contributed by atoms with Crippen molar-refractivity contribution in [3.63, 3.8) is 0 Å². The number of rotatable bonds is 6. The highest BCUT2D eigenvalue weighted by Crippen LogP contribution is 2.46. The highest BCUT2D eigenvalue weighted by molar-refractivity contribution is 5.92. The molecule has 36 heavy (non-hydrogen) atoms. The first-order chi connectivity index (χ1) is 17.4. The van der Waals surface area contributed by atoms with E-state index in [1.54, 1.807) is 18.3 Å². The molecule has 0 aliphatic heterocycles. The van der Waals surface area contributed by atoms with E-state index in [2.05, 4.69) is 26.9 Å².